The van der Waals surface area contributed by atoms with E-state index in [1.807, 2.05) is 6.20 Å². The van der Waals surface area contributed by atoms with Gasteiger partial charge in [-0.15, -0.1) is 11.3 Å². The Hall–Kier alpha value is -0.410. The fraction of sp³-hybridized carbons (Fsp3) is 0.727. The van der Waals surface area contributed by atoms with E-state index in [0.717, 1.165) is 5.92 Å². The summed E-state index contributed by atoms with van der Waals surface area (Å²) in [6.45, 7) is 0. The lowest BCUT2D eigenvalue weighted by Crippen LogP contribution is -2.26. The first-order chi connectivity index (χ1) is 6.92. The van der Waals surface area contributed by atoms with Gasteiger partial charge in [0, 0.05) is 11.6 Å². The highest BCUT2D eigenvalue weighted by molar-refractivity contribution is 7.09. The second-order valence-corrected chi connectivity index (χ2v) is 4.96. The maximum absolute atomic E-state index is 4.42. The highest BCUT2D eigenvalue weighted by Crippen LogP contribution is 2.34. The van der Waals surface area contributed by atoms with Crippen LogP contribution in [0, 0.1) is 5.92 Å². The zero-order valence-electron chi connectivity index (χ0n) is 8.70. The third kappa shape index (κ3) is 2.15. The van der Waals surface area contributed by atoms with Crippen molar-refractivity contribution in [3.8, 4) is 0 Å². The average Bonchev–Trinajstić information content (AvgIpc) is 2.74. The molecule has 2 nitrogen and oxygen atoms in total. The van der Waals surface area contributed by atoms with Gasteiger partial charge >= 0.3 is 0 Å². The summed E-state index contributed by atoms with van der Waals surface area (Å²) in [7, 11) is 2.06. The minimum absolute atomic E-state index is 0.496. The second kappa shape index (κ2) is 4.89. The molecule has 1 unspecified atom stereocenters. The van der Waals surface area contributed by atoms with Crippen molar-refractivity contribution in [2.75, 3.05) is 7.05 Å². The quantitative estimate of drug-likeness (QED) is 0.829. The molecule has 0 aromatic carbocycles. The molecule has 2 rings (SSSR count). The minimum atomic E-state index is 0.496. The number of rotatable bonds is 3. The van der Waals surface area contributed by atoms with E-state index >= 15 is 0 Å². The van der Waals surface area contributed by atoms with E-state index in [1.165, 1.54) is 37.1 Å². The summed E-state index contributed by atoms with van der Waals surface area (Å²) >= 11 is 1.78. The molecule has 1 heterocycles. The number of nitrogens with one attached hydrogen (secondary N) is 1. The van der Waals surface area contributed by atoms with Crippen LogP contribution in [-0.4, -0.2) is 12.0 Å². The van der Waals surface area contributed by atoms with Crippen LogP contribution < -0.4 is 5.32 Å². The minimum Gasteiger partial charge on any atom is -0.311 e. The zero-order chi connectivity index (χ0) is 9.80. The lowest BCUT2D eigenvalue weighted by Gasteiger charge is -2.28. The third-order valence-electron chi connectivity index (χ3n) is 3.15. The molecule has 0 radical (unpaired) electrons. The highest BCUT2D eigenvalue weighted by atomic mass is 32.1. The van der Waals surface area contributed by atoms with Gasteiger partial charge in [-0.3, -0.25) is 0 Å². The van der Waals surface area contributed by atoms with E-state index in [-0.39, 0.29) is 0 Å². The van der Waals surface area contributed by atoms with Crippen LogP contribution in [0.2, 0.25) is 0 Å². The molecular formula is C11H18N2S. The zero-order valence-corrected chi connectivity index (χ0v) is 9.52. The van der Waals surface area contributed by atoms with Crippen molar-refractivity contribution in [1.29, 1.82) is 0 Å². The van der Waals surface area contributed by atoms with E-state index < -0.39 is 0 Å². The van der Waals surface area contributed by atoms with Gasteiger partial charge in [0.1, 0.15) is 5.01 Å². The summed E-state index contributed by atoms with van der Waals surface area (Å²) in [5, 5.41) is 6.76. The van der Waals surface area contributed by atoms with Crippen molar-refractivity contribution in [2.24, 2.45) is 5.92 Å². The molecule has 0 bridgehead atoms. The molecule has 0 amide bonds. The molecule has 1 aliphatic carbocycles. The van der Waals surface area contributed by atoms with Crippen LogP contribution >= 0.6 is 11.3 Å². The molecule has 3 heteroatoms. The molecule has 0 spiro atoms. The number of nitrogens with zero attached hydrogens (tertiary/aromatic N) is 1. The first-order valence-electron chi connectivity index (χ1n) is 5.48. The maximum Gasteiger partial charge on any atom is 0.110 e. The van der Waals surface area contributed by atoms with Gasteiger partial charge in [0.25, 0.3) is 0 Å². The van der Waals surface area contributed by atoms with E-state index in [2.05, 4.69) is 22.7 Å². The molecule has 1 aromatic heterocycles. The summed E-state index contributed by atoms with van der Waals surface area (Å²) in [6.07, 6.45) is 8.86. The molecule has 14 heavy (non-hydrogen) atoms. The molecule has 0 saturated heterocycles. The molecular weight excluding hydrogens is 192 g/mol. The molecule has 0 aliphatic heterocycles. The summed E-state index contributed by atoms with van der Waals surface area (Å²) in [6, 6.07) is 0.496. The SMILES string of the molecule is CNC(c1nccs1)C1CCCCC1. The smallest absolute Gasteiger partial charge is 0.110 e. The average molecular weight is 210 g/mol. The van der Waals surface area contributed by atoms with Gasteiger partial charge in [-0.2, -0.15) is 0 Å². The molecule has 78 valence electrons. The standard InChI is InChI=1S/C11H18N2S/c1-12-10(11-13-7-8-14-11)9-5-3-2-4-6-9/h7-10,12H,2-6H2,1H3. The monoisotopic (exact) mass is 210 g/mol. The molecule has 1 saturated carbocycles. The Labute approximate surface area is 89.8 Å². The molecule has 1 aliphatic rings. The number of hydrogen-bond acceptors (Lipinski definition) is 3. The number of hydrogen-bond donors (Lipinski definition) is 1. The third-order valence-corrected chi connectivity index (χ3v) is 4.01. The van der Waals surface area contributed by atoms with E-state index in [4.69, 9.17) is 0 Å². The first kappa shape index (κ1) is 10.1. The largest absolute Gasteiger partial charge is 0.311 e. The number of thiazole rings is 1. The second-order valence-electron chi connectivity index (χ2n) is 4.03. The summed E-state index contributed by atoms with van der Waals surface area (Å²) in [5.41, 5.74) is 0. The maximum atomic E-state index is 4.42. The van der Waals surface area contributed by atoms with Crippen LogP contribution in [-0.2, 0) is 0 Å². The van der Waals surface area contributed by atoms with Gasteiger partial charge in [0.15, 0.2) is 0 Å². The van der Waals surface area contributed by atoms with Crippen molar-refractivity contribution >= 4 is 11.3 Å². The Balaban J connectivity index is 2.04. The van der Waals surface area contributed by atoms with Gasteiger partial charge in [0.2, 0.25) is 0 Å². The molecule has 1 aromatic rings. The predicted molar refractivity (Wildman–Crippen MR) is 60.5 cm³/mol. The van der Waals surface area contributed by atoms with Crippen molar-refractivity contribution in [3.63, 3.8) is 0 Å². The van der Waals surface area contributed by atoms with Crippen molar-refractivity contribution in [2.45, 2.75) is 38.1 Å². The Kier molecular flexibility index (Phi) is 3.54. The highest BCUT2D eigenvalue weighted by Gasteiger charge is 2.25. The Morgan fingerprint density at radius 3 is 2.79 bits per heavy atom. The van der Waals surface area contributed by atoms with E-state index in [9.17, 15) is 0 Å². The normalized spacial score (nSPS) is 20.9. The lowest BCUT2D eigenvalue weighted by molar-refractivity contribution is 0.281. The van der Waals surface area contributed by atoms with Crippen LogP contribution in [0.15, 0.2) is 11.6 Å². The van der Waals surface area contributed by atoms with Crippen molar-refractivity contribution < 1.29 is 0 Å². The Morgan fingerprint density at radius 2 is 2.21 bits per heavy atom. The van der Waals surface area contributed by atoms with Gasteiger partial charge in [-0.25, -0.2) is 4.98 Å². The summed E-state index contributed by atoms with van der Waals surface area (Å²) in [5.74, 6) is 0.805. The molecule has 1 N–H and O–H groups in total. The van der Waals surface area contributed by atoms with Crippen molar-refractivity contribution in [1.82, 2.24) is 10.3 Å². The fourth-order valence-corrected chi connectivity index (χ4v) is 3.26. The topological polar surface area (TPSA) is 24.9 Å². The van der Waals surface area contributed by atoms with Crippen LogP contribution in [0.4, 0.5) is 0 Å². The van der Waals surface area contributed by atoms with Gasteiger partial charge in [-0.05, 0) is 25.8 Å². The Bertz CT molecular complexity index is 252. The Morgan fingerprint density at radius 1 is 1.43 bits per heavy atom. The predicted octanol–water partition coefficient (Wildman–Crippen LogP) is 2.98. The van der Waals surface area contributed by atoms with Gasteiger partial charge in [0.05, 0.1) is 6.04 Å². The first-order valence-corrected chi connectivity index (χ1v) is 6.36. The van der Waals surface area contributed by atoms with Gasteiger partial charge in [-0.1, -0.05) is 19.3 Å². The van der Waals surface area contributed by atoms with Crippen LogP contribution in [0.25, 0.3) is 0 Å². The summed E-state index contributed by atoms with van der Waals surface area (Å²) < 4.78 is 0. The lowest BCUT2D eigenvalue weighted by atomic mass is 9.84. The van der Waals surface area contributed by atoms with Crippen LogP contribution in [0.3, 0.4) is 0 Å². The van der Waals surface area contributed by atoms with Gasteiger partial charge < -0.3 is 5.32 Å². The molecule has 1 atom stereocenters. The summed E-state index contributed by atoms with van der Waals surface area (Å²) in [4.78, 5) is 4.42. The van der Waals surface area contributed by atoms with E-state index in [1.54, 1.807) is 11.3 Å². The molecule has 1 fully saturated rings. The fourth-order valence-electron chi connectivity index (χ4n) is 2.42. The van der Waals surface area contributed by atoms with E-state index in [0.29, 0.717) is 6.04 Å². The van der Waals surface area contributed by atoms with Crippen LogP contribution in [0.5, 0.6) is 0 Å². The van der Waals surface area contributed by atoms with Crippen molar-refractivity contribution in [3.05, 3.63) is 16.6 Å². The number of aromatic nitrogens is 1. The van der Waals surface area contributed by atoms with Crippen LogP contribution in [0.1, 0.15) is 43.2 Å².